The van der Waals surface area contributed by atoms with Crippen molar-refractivity contribution in [3.63, 3.8) is 0 Å². The second-order valence-corrected chi connectivity index (χ2v) is 2.34. The minimum atomic E-state index is -0.503. The van der Waals surface area contributed by atoms with E-state index in [0.717, 1.165) is 5.57 Å². The van der Waals surface area contributed by atoms with Crippen LogP contribution < -0.4 is 0 Å². The van der Waals surface area contributed by atoms with Crippen molar-refractivity contribution >= 4 is 0 Å². The van der Waals surface area contributed by atoms with Crippen LogP contribution in [0.2, 0.25) is 0 Å². The van der Waals surface area contributed by atoms with Gasteiger partial charge in [-0.15, -0.1) is 0 Å². The van der Waals surface area contributed by atoms with E-state index in [0.29, 0.717) is 13.2 Å². The highest BCUT2D eigenvalue weighted by Gasteiger charge is 2.05. The maximum atomic E-state index is 8.69. The molecule has 0 aromatic heterocycles. The molecule has 1 atom stereocenters. The number of aliphatic hydroxyl groups excluding tert-OH is 1. The third-order valence-electron chi connectivity index (χ3n) is 1.02. The largest absolute Gasteiger partial charge is 0.391 e. The second kappa shape index (κ2) is 6.34. The van der Waals surface area contributed by atoms with Gasteiger partial charge in [0.25, 0.3) is 0 Å². The first-order valence-corrected chi connectivity index (χ1v) is 3.69. The van der Waals surface area contributed by atoms with Gasteiger partial charge in [-0.05, 0) is 13.8 Å². The fourth-order valence-corrected chi connectivity index (χ4v) is 0.575. The summed E-state index contributed by atoms with van der Waals surface area (Å²) in [7, 11) is 0. The molecule has 3 heteroatoms. The van der Waals surface area contributed by atoms with Crippen molar-refractivity contribution in [2.45, 2.75) is 20.1 Å². The smallest absolute Gasteiger partial charge is 0.180 e. The molecule has 0 radical (unpaired) electrons. The molecule has 0 saturated heterocycles. The van der Waals surface area contributed by atoms with Gasteiger partial charge in [-0.25, -0.2) is 0 Å². The Balaban J connectivity index is 3.43. The zero-order chi connectivity index (χ0) is 8.69. The van der Waals surface area contributed by atoms with E-state index in [9.17, 15) is 0 Å². The first kappa shape index (κ1) is 10.6. The van der Waals surface area contributed by atoms with E-state index in [2.05, 4.69) is 6.58 Å². The molecule has 3 nitrogen and oxygen atoms in total. The molecular formula is C8H16O3. The molecule has 11 heavy (non-hydrogen) atoms. The molecular weight excluding hydrogens is 144 g/mol. The van der Waals surface area contributed by atoms with Gasteiger partial charge in [0.1, 0.15) is 0 Å². The van der Waals surface area contributed by atoms with Gasteiger partial charge < -0.3 is 14.6 Å². The molecule has 0 aromatic carbocycles. The average Bonchev–Trinajstić information content (AvgIpc) is 1.97. The first-order chi connectivity index (χ1) is 5.20. The molecule has 0 heterocycles. The summed E-state index contributed by atoms with van der Waals surface area (Å²) in [6, 6.07) is 0. The Morgan fingerprint density at radius 3 is 2.55 bits per heavy atom. The Kier molecular flexibility index (Phi) is 6.12. The lowest BCUT2D eigenvalue weighted by Gasteiger charge is -2.14. The predicted octanol–water partition coefficient (Wildman–Crippen LogP) is 0.934. The van der Waals surface area contributed by atoms with Crippen molar-refractivity contribution in [3.8, 4) is 0 Å². The Morgan fingerprint density at radius 2 is 2.18 bits per heavy atom. The summed E-state index contributed by atoms with van der Waals surface area (Å²) in [5.41, 5.74) is 0.920. The van der Waals surface area contributed by atoms with Gasteiger partial charge in [0.15, 0.2) is 6.29 Å². The van der Waals surface area contributed by atoms with Crippen molar-refractivity contribution in [1.82, 2.24) is 0 Å². The monoisotopic (exact) mass is 160 g/mol. The van der Waals surface area contributed by atoms with Crippen LogP contribution in [-0.4, -0.2) is 31.2 Å². The third kappa shape index (κ3) is 6.04. The lowest BCUT2D eigenvalue weighted by atomic mass is 10.4. The van der Waals surface area contributed by atoms with Crippen LogP contribution in [0.25, 0.3) is 0 Å². The molecule has 66 valence electrons. The van der Waals surface area contributed by atoms with Crippen molar-refractivity contribution in [3.05, 3.63) is 12.2 Å². The number of aliphatic hydroxyl groups is 1. The molecule has 0 rings (SSSR count). The quantitative estimate of drug-likeness (QED) is 0.464. The summed E-state index contributed by atoms with van der Waals surface area (Å²) in [6.07, 6.45) is -0.503. The van der Waals surface area contributed by atoms with E-state index in [1.165, 1.54) is 0 Å². The average molecular weight is 160 g/mol. The molecule has 0 aliphatic rings. The molecule has 0 bridgehead atoms. The third-order valence-corrected chi connectivity index (χ3v) is 1.02. The molecule has 0 aromatic rings. The zero-order valence-electron chi connectivity index (χ0n) is 7.17. The molecule has 0 fully saturated rings. The summed E-state index contributed by atoms with van der Waals surface area (Å²) < 4.78 is 10.1. The Bertz CT molecular complexity index is 112. The Morgan fingerprint density at radius 1 is 1.55 bits per heavy atom. The summed E-state index contributed by atoms with van der Waals surface area (Å²) in [5, 5.41) is 8.69. The molecule has 1 N–H and O–H groups in total. The lowest BCUT2D eigenvalue weighted by molar-refractivity contribution is -0.154. The van der Waals surface area contributed by atoms with Crippen molar-refractivity contribution in [1.29, 1.82) is 0 Å². The van der Waals surface area contributed by atoms with Crippen LogP contribution in [0.5, 0.6) is 0 Å². The van der Waals surface area contributed by atoms with E-state index < -0.39 is 6.29 Å². The molecule has 0 aliphatic carbocycles. The standard InChI is InChI=1S/C8H16O3/c1-4-10-8(5-9)11-6-7(2)3/h8-9H,2,4-6H2,1,3H3. The summed E-state index contributed by atoms with van der Waals surface area (Å²) in [4.78, 5) is 0. The first-order valence-electron chi connectivity index (χ1n) is 3.69. The van der Waals surface area contributed by atoms with E-state index in [-0.39, 0.29) is 6.61 Å². The summed E-state index contributed by atoms with van der Waals surface area (Å²) >= 11 is 0. The molecule has 1 unspecified atom stereocenters. The van der Waals surface area contributed by atoms with Gasteiger partial charge in [-0.1, -0.05) is 12.2 Å². The highest BCUT2D eigenvalue weighted by Crippen LogP contribution is 1.97. The Hall–Kier alpha value is -0.380. The molecule has 0 aliphatic heterocycles. The molecule has 0 amide bonds. The van der Waals surface area contributed by atoms with Crippen LogP contribution in [0, 0.1) is 0 Å². The van der Waals surface area contributed by atoms with Crippen LogP contribution in [0.1, 0.15) is 13.8 Å². The predicted molar refractivity (Wildman–Crippen MR) is 43.3 cm³/mol. The van der Waals surface area contributed by atoms with Crippen molar-refractivity contribution < 1.29 is 14.6 Å². The van der Waals surface area contributed by atoms with E-state index in [1.807, 2.05) is 13.8 Å². The van der Waals surface area contributed by atoms with Crippen LogP contribution in [0.3, 0.4) is 0 Å². The van der Waals surface area contributed by atoms with Crippen LogP contribution >= 0.6 is 0 Å². The minimum Gasteiger partial charge on any atom is -0.391 e. The van der Waals surface area contributed by atoms with Gasteiger partial charge >= 0.3 is 0 Å². The molecule has 0 saturated carbocycles. The maximum absolute atomic E-state index is 8.69. The van der Waals surface area contributed by atoms with Gasteiger partial charge in [-0.3, -0.25) is 0 Å². The van der Waals surface area contributed by atoms with Gasteiger partial charge in [0.05, 0.1) is 13.2 Å². The summed E-state index contributed by atoms with van der Waals surface area (Å²) in [6.45, 7) is 8.24. The fourth-order valence-electron chi connectivity index (χ4n) is 0.575. The van der Waals surface area contributed by atoms with Crippen molar-refractivity contribution in [2.24, 2.45) is 0 Å². The van der Waals surface area contributed by atoms with Crippen molar-refractivity contribution in [2.75, 3.05) is 19.8 Å². The molecule has 0 spiro atoms. The number of hydrogen-bond acceptors (Lipinski definition) is 3. The number of hydrogen-bond donors (Lipinski definition) is 1. The maximum Gasteiger partial charge on any atom is 0.180 e. The van der Waals surface area contributed by atoms with Crippen LogP contribution in [0.4, 0.5) is 0 Å². The van der Waals surface area contributed by atoms with Gasteiger partial charge in [0, 0.05) is 6.61 Å². The van der Waals surface area contributed by atoms with Crippen LogP contribution in [-0.2, 0) is 9.47 Å². The topological polar surface area (TPSA) is 38.7 Å². The van der Waals surface area contributed by atoms with E-state index in [4.69, 9.17) is 14.6 Å². The lowest BCUT2D eigenvalue weighted by Crippen LogP contribution is -2.22. The van der Waals surface area contributed by atoms with Gasteiger partial charge in [0.2, 0.25) is 0 Å². The van der Waals surface area contributed by atoms with E-state index >= 15 is 0 Å². The Labute approximate surface area is 67.6 Å². The highest BCUT2D eigenvalue weighted by atomic mass is 16.7. The second-order valence-electron chi connectivity index (χ2n) is 2.34. The normalized spacial score (nSPS) is 13.0. The van der Waals surface area contributed by atoms with E-state index in [1.54, 1.807) is 0 Å². The van der Waals surface area contributed by atoms with Crippen LogP contribution in [0.15, 0.2) is 12.2 Å². The zero-order valence-corrected chi connectivity index (χ0v) is 7.17. The fraction of sp³-hybridized carbons (Fsp3) is 0.750. The SMILES string of the molecule is C=C(C)COC(CO)OCC. The minimum absolute atomic E-state index is 0.110. The number of ether oxygens (including phenoxy) is 2. The number of rotatable bonds is 6. The highest BCUT2D eigenvalue weighted by molar-refractivity contribution is 4.87. The van der Waals surface area contributed by atoms with Gasteiger partial charge in [-0.2, -0.15) is 0 Å². The summed E-state index contributed by atoms with van der Waals surface area (Å²) in [5.74, 6) is 0.